The van der Waals surface area contributed by atoms with Gasteiger partial charge in [0.25, 0.3) is 11.6 Å². The summed E-state index contributed by atoms with van der Waals surface area (Å²) >= 11 is 5.80. The number of hydrazone groups is 1. The fourth-order valence-corrected chi connectivity index (χ4v) is 2.43. The fraction of sp³-hybridized carbons (Fsp3) is 0. The summed E-state index contributed by atoms with van der Waals surface area (Å²) < 4.78 is 5.54. The van der Waals surface area contributed by atoms with Gasteiger partial charge in [-0.1, -0.05) is 23.7 Å². The summed E-state index contributed by atoms with van der Waals surface area (Å²) in [5.41, 5.74) is 2.72. The number of nitro groups is 1. The molecule has 136 valence electrons. The van der Waals surface area contributed by atoms with Crippen molar-refractivity contribution in [2.45, 2.75) is 0 Å². The topological polar surface area (TPSA) is 118 Å². The number of nitrogens with zero attached hydrogens (tertiary/aromatic N) is 2. The van der Waals surface area contributed by atoms with E-state index in [2.05, 4.69) is 10.5 Å². The number of non-ortho nitro benzene ring substituents is 1. The Hall–Kier alpha value is -3.65. The highest BCUT2D eigenvalue weighted by Crippen LogP contribution is 2.25. The molecule has 0 saturated heterocycles. The Kier molecular flexibility index (Phi) is 5.18. The second kappa shape index (κ2) is 7.71. The van der Waals surface area contributed by atoms with Crippen LogP contribution in [0.3, 0.4) is 0 Å². The molecule has 0 bridgehead atoms. The van der Waals surface area contributed by atoms with Crippen molar-refractivity contribution in [3.8, 4) is 17.1 Å². The number of nitrogens with one attached hydrogen (secondary N) is 1. The fourth-order valence-electron chi connectivity index (χ4n) is 2.25. The third kappa shape index (κ3) is 4.31. The number of hydrogen-bond donors (Lipinski definition) is 2. The molecule has 0 atom stereocenters. The van der Waals surface area contributed by atoms with Crippen LogP contribution >= 0.6 is 11.6 Å². The van der Waals surface area contributed by atoms with Gasteiger partial charge in [-0.05, 0) is 30.3 Å². The van der Waals surface area contributed by atoms with Gasteiger partial charge >= 0.3 is 0 Å². The summed E-state index contributed by atoms with van der Waals surface area (Å²) in [6.07, 6.45) is 1.26. The molecule has 0 saturated carbocycles. The Labute approximate surface area is 157 Å². The second-order valence-corrected chi connectivity index (χ2v) is 5.81. The molecule has 1 aromatic heterocycles. The Morgan fingerprint density at radius 1 is 1.22 bits per heavy atom. The van der Waals surface area contributed by atoms with Gasteiger partial charge in [0.15, 0.2) is 0 Å². The summed E-state index contributed by atoms with van der Waals surface area (Å²) in [6, 6.07) is 13.3. The minimum atomic E-state index is -0.642. The van der Waals surface area contributed by atoms with Gasteiger partial charge in [0.1, 0.15) is 17.3 Å². The zero-order chi connectivity index (χ0) is 19.4. The van der Waals surface area contributed by atoms with Gasteiger partial charge in [-0.15, -0.1) is 0 Å². The molecule has 3 rings (SSSR count). The third-order valence-corrected chi connectivity index (χ3v) is 3.76. The van der Waals surface area contributed by atoms with Crippen molar-refractivity contribution in [1.29, 1.82) is 0 Å². The lowest BCUT2D eigenvalue weighted by molar-refractivity contribution is -0.384. The molecule has 0 radical (unpaired) electrons. The second-order valence-electron chi connectivity index (χ2n) is 5.37. The largest absolute Gasteiger partial charge is 0.507 e. The first-order valence-corrected chi connectivity index (χ1v) is 7.98. The highest BCUT2D eigenvalue weighted by Gasteiger charge is 2.12. The van der Waals surface area contributed by atoms with Crippen LogP contribution in [-0.4, -0.2) is 22.2 Å². The van der Waals surface area contributed by atoms with Crippen LogP contribution in [0.15, 0.2) is 64.1 Å². The molecule has 0 unspecified atom stereocenters. The Balaban J connectivity index is 1.70. The van der Waals surface area contributed by atoms with Gasteiger partial charge in [0.2, 0.25) is 0 Å². The molecule has 0 spiro atoms. The van der Waals surface area contributed by atoms with E-state index in [-0.39, 0.29) is 17.0 Å². The van der Waals surface area contributed by atoms with E-state index in [1.165, 1.54) is 36.5 Å². The molecule has 3 aromatic rings. The van der Waals surface area contributed by atoms with Gasteiger partial charge in [-0.25, -0.2) is 5.43 Å². The molecule has 2 N–H and O–H groups in total. The molecule has 1 amide bonds. The standard InChI is InChI=1S/C18H12ClN3O5/c19-12-4-6-16(23)15(9-12)18(24)21-20-10-14-5-7-17(27-14)11-2-1-3-13(8-11)22(25)26/h1-10,23H,(H,21,24). The maximum absolute atomic E-state index is 12.0. The van der Waals surface area contributed by atoms with Crippen LogP contribution in [0.1, 0.15) is 16.1 Å². The first kappa shape index (κ1) is 18.2. The van der Waals surface area contributed by atoms with Crippen molar-refractivity contribution in [2.75, 3.05) is 0 Å². The number of furan rings is 1. The molecule has 1 heterocycles. The monoisotopic (exact) mass is 385 g/mol. The molecule has 8 nitrogen and oxygen atoms in total. The number of phenols is 1. The molecule has 0 aliphatic carbocycles. The average Bonchev–Trinajstić information content (AvgIpc) is 3.12. The van der Waals surface area contributed by atoms with Crippen molar-refractivity contribution in [2.24, 2.45) is 5.10 Å². The number of carbonyl (C=O) groups excluding carboxylic acids is 1. The number of halogens is 1. The number of rotatable bonds is 5. The Bertz CT molecular complexity index is 1040. The van der Waals surface area contributed by atoms with Crippen LogP contribution in [-0.2, 0) is 0 Å². The van der Waals surface area contributed by atoms with Crippen LogP contribution in [0.4, 0.5) is 5.69 Å². The molecular weight excluding hydrogens is 374 g/mol. The van der Waals surface area contributed by atoms with Crippen LogP contribution in [0.25, 0.3) is 11.3 Å². The first-order chi connectivity index (χ1) is 12.9. The number of benzene rings is 2. The predicted molar refractivity (Wildman–Crippen MR) is 99.0 cm³/mol. The van der Waals surface area contributed by atoms with E-state index in [1.54, 1.807) is 24.3 Å². The Morgan fingerprint density at radius 3 is 2.81 bits per heavy atom. The molecule has 0 aliphatic heterocycles. The summed E-state index contributed by atoms with van der Waals surface area (Å²) in [7, 11) is 0. The number of hydrogen-bond acceptors (Lipinski definition) is 6. The highest BCUT2D eigenvalue weighted by molar-refractivity contribution is 6.31. The maximum atomic E-state index is 12.0. The third-order valence-electron chi connectivity index (χ3n) is 3.53. The quantitative estimate of drug-likeness (QED) is 0.391. The number of phenolic OH excluding ortho intramolecular Hbond substituents is 1. The van der Waals surface area contributed by atoms with Crippen LogP contribution in [0.2, 0.25) is 5.02 Å². The predicted octanol–water partition coefficient (Wildman–Crippen LogP) is 3.98. The van der Waals surface area contributed by atoms with Crippen LogP contribution in [0.5, 0.6) is 5.75 Å². The Morgan fingerprint density at radius 2 is 2.04 bits per heavy atom. The average molecular weight is 386 g/mol. The smallest absolute Gasteiger partial charge is 0.275 e. The van der Waals surface area contributed by atoms with Gasteiger partial charge < -0.3 is 9.52 Å². The molecule has 27 heavy (non-hydrogen) atoms. The summed E-state index contributed by atoms with van der Waals surface area (Å²) in [5.74, 6) is -0.124. The first-order valence-electron chi connectivity index (χ1n) is 7.60. The zero-order valence-electron chi connectivity index (χ0n) is 13.6. The van der Waals surface area contributed by atoms with Crippen molar-refractivity contribution >= 4 is 29.4 Å². The van der Waals surface area contributed by atoms with E-state index in [4.69, 9.17) is 16.0 Å². The zero-order valence-corrected chi connectivity index (χ0v) is 14.4. The lowest BCUT2D eigenvalue weighted by Crippen LogP contribution is -2.17. The molecule has 0 aliphatic rings. The minimum absolute atomic E-state index is 0.0172. The highest BCUT2D eigenvalue weighted by atomic mass is 35.5. The number of amides is 1. The summed E-state index contributed by atoms with van der Waals surface area (Å²) in [4.78, 5) is 22.4. The normalized spacial score (nSPS) is 10.9. The van der Waals surface area contributed by atoms with Crippen molar-refractivity contribution in [1.82, 2.24) is 5.43 Å². The van der Waals surface area contributed by atoms with Crippen molar-refractivity contribution in [3.05, 3.63) is 81.1 Å². The number of carbonyl (C=O) groups is 1. The molecule has 9 heteroatoms. The van der Waals surface area contributed by atoms with E-state index in [9.17, 15) is 20.0 Å². The van der Waals surface area contributed by atoms with Crippen LogP contribution in [0, 0.1) is 10.1 Å². The van der Waals surface area contributed by atoms with Gasteiger partial charge in [-0.2, -0.15) is 5.10 Å². The van der Waals surface area contributed by atoms with Crippen molar-refractivity contribution in [3.63, 3.8) is 0 Å². The molecular formula is C18H12ClN3O5. The van der Waals surface area contributed by atoms with Crippen LogP contribution < -0.4 is 5.43 Å². The lowest BCUT2D eigenvalue weighted by atomic mass is 10.1. The van der Waals surface area contributed by atoms with E-state index < -0.39 is 10.8 Å². The SMILES string of the molecule is O=C(NN=Cc1ccc(-c2cccc([N+](=O)[O-])c2)o1)c1cc(Cl)ccc1O. The van der Waals surface area contributed by atoms with E-state index >= 15 is 0 Å². The van der Waals surface area contributed by atoms with E-state index in [1.807, 2.05) is 0 Å². The minimum Gasteiger partial charge on any atom is -0.507 e. The number of aromatic hydroxyl groups is 1. The van der Waals surface area contributed by atoms with Gasteiger partial charge in [0.05, 0.1) is 16.7 Å². The van der Waals surface area contributed by atoms with Crippen molar-refractivity contribution < 1.29 is 19.2 Å². The van der Waals surface area contributed by atoms with Gasteiger partial charge in [-0.3, -0.25) is 14.9 Å². The summed E-state index contributed by atoms with van der Waals surface area (Å²) in [6.45, 7) is 0. The van der Waals surface area contributed by atoms with E-state index in [0.717, 1.165) is 0 Å². The molecule has 2 aromatic carbocycles. The van der Waals surface area contributed by atoms with Gasteiger partial charge in [0, 0.05) is 22.7 Å². The summed E-state index contributed by atoms with van der Waals surface area (Å²) in [5, 5.41) is 24.6. The lowest BCUT2D eigenvalue weighted by Gasteiger charge is -2.02. The molecule has 0 fully saturated rings. The number of nitro benzene ring substituents is 1. The maximum Gasteiger partial charge on any atom is 0.275 e. The van der Waals surface area contributed by atoms with E-state index in [0.29, 0.717) is 22.1 Å².